The van der Waals surface area contributed by atoms with Crippen molar-refractivity contribution in [2.75, 3.05) is 31.6 Å². The molecular weight excluding hydrogens is 452 g/mol. The maximum atomic E-state index is 14.1. The third kappa shape index (κ3) is 5.25. The molecule has 1 atom stereocenters. The molecule has 3 aromatic rings. The molecule has 190 valence electrons. The van der Waals surface area contributed by atoms with Crippen molar-refractivity contribution in [3.8, 4) is 11.4 Å². The Kier molecular flexibility index (Phi) is 8.31. The van der Waals surface area contributed by atoms with Crippen molar-refractivity contribution >= 4 is 17.6 Å². The van der Waals surface area contributed by atoms with E-state index in [1.54, 1.807) is 12.0 Å². The topological polar surface area (TPSA) is 66.8 Å². The number of aromatic nitrogens is 1. The highest BCUT2D eigenvalue weighted by Gasteiger charge is 2.36. The van der Waals surface area contributed by atoms with Gasteiger partial charge in [-0.1, -0.05) is 51.0 Å². The zero-order valence-corrected chi connectivity index (χ0v) is 21.4. The molecule has 0 bridgehead atoms. The second kappa shape index (κ2) is 11.8. The van der Waals surface area contributed by atoms with Gasteiger partial charge in [0.2, 0.25) is 5.91 Å². The molecular formula is C29H36N4O3. The number of urea groups is 1. The number of nitrogens with zero attached hydrogens (tertiary/aromatic N) is 3. The standard InChI is InChI=1S/C29H36N4O3/c1-4-6-18-30-29(35)31(19-7-5-2)21-27(34)33-25-12-9-8-11-24(25)32-20-10-13-26(32)28(33)22-14-16-23(36-3)17-15-22/h8-17,20,28H,4-7,18-19,21H2,1-3H3,(H,30,35). The van der Waals surface area contributed by atoms with Crippen LogP contribution in [0.15, 0.2) is 66.9 Å². The Morgan fingerprint density at radius 1 is 0.944 bits per heavy atom. The number of benzene rings is 2. The fourth-order valence-electron chi connectivity index (χ4n) is 4.69. The van der Waals surface area contributed by atoms with Gasteiger partial charge in [0.05, 0.1) is 24.2 Å². The molecule has 0 fully saturated rings. The molecule has 1 aliphatic rings. The van der Waals surface area contributed by atoms with E-state index in [0.29, 0.717) is 13.1 Å². The Labute approximate surface area is 213 Å². The van der Waals surface area contributed by atoms with Crippen molar-refractivity contribution in [1.29, 1.82) is 0 Å². The molecule has 0 spiro atoms. The summed E-state index contributed by atoms with van der Waals surface area (Å²) in [7, 11) is 1.64. The smallest absolute Gasteiger partial charge is 0.317 e. The fourth-order valence-corrected chi connectivity index (χ4v) is 4.69. The first-order valence-electron chi connectivity index (χ1n) is 12.8. The summed E-state index contributed by atoms with van der Waals surface area (Å²) in [5.74, 6) is 0.648. The van der Waals surface area contributed by atoms with Gasteiger partial charge in [-0.25, -0.2) is 4.79 Å². The summed E-state index contributed by atoms with van der Waals surface area (Å²) >= 11 is 0. The first kappa shape index (κ1) is 25.4. The number of rotatable bonds is 10. The highest BCUT2D eigenvalue weighted by atomic mass is 16.5. The molecule has 4 rings (SSSR count). The maximum Gasteiger partial charge on any atom is 0.317 e. The van der Waals surface area contributed by atoms with Gasteiger partial charge in [0.15, 0.2) is 0 Å². The van der Waals surface area contributed by atoms with Crippen LogP contribution in [-0.2, 0) is 4.79 Å². The van der Waals surface area contributed by atoms with Crippen LogP contribution in [0.1, 0.15) is 56.8 Å². The van der Waals surface area contributed by atoms with Gasteiger partial charge in [-0.3, -0.25) is 9.69 Å². The summed E-state index contributed by atoms with van der Waals surface area (Å²) in [6.45, 7) is 5.34. The lowest BCUT2D eigenvalue weighted by Gasteiger charge is -2.39. The summed E-state index contributed by atoms with van der Waals surface area (Å²) in [5.41, 5.74) is 3.75. The molecule has 2 heterocycles. The van der Waals surface area contributed by atoms with Crippen LogP contribution in [0.25, 0.3) is 5.69 Å². The van der Waals surface area contributed by atoms with Crippen molar-refractivity contribution in [2.45, 2.75) is 45.6 Å². The molecule has 7 heteroatoms. The van der Waals surface area contributed by atoms with Crippen molar-refractivity contribution in [1.82, 2.24) is 14.8 Å². The van der Waals surface area contributed by atoms with Crippen LogP contribution >= 0.6 is 0 Å². The van der Waals surface area contributed by atoms with Crippen LogP contribution in [0.4, 0.5) is 10.5 Å². The van der Waals surface area contributed by atoms with Gasteiger partial charge in [-0.2, -0.15) is 0 Å². The largest absolute Gasteiger partial charge is 0.497 e. The van der Waals surface area contributed by atoms with Gasteiger partial charge >= 0.3 is 6.03 Å². The number of para-hydroxylation sites is 2. The number of ether oxygens (including phenoxy) is 1. The highest BCUT2D eigenvalue weighted by molar-refractivity contribution is 6.00. The van der Waals surface area contributed by atoms with E-state index in [1.807, 2.05) is 65.7 Å². The zero-order valence-electron chi connectivity index (χ0n) is 21.4. The normalized spacial score (nSPS) is 14.1. The van der Waals surface area contributed by atoms with Crippen molar-refractivity contribution < 1.29 is 14.3 Å². The SMILES string of the molecule is CCCCNC(=O)N(CCCC)CC(=O)N1c2ccccc2-n2cccc2C1c1ccc(OC)cc1. The summed E-state index contributed by atoms with van der Waals surface area (Å²) < 4.78 is 7.50. The number of nitrogens with one attached hydrogen (secondary N) is 1. The van der Waals surface area contributed by atoms with Gasteiger partial charge in [0.1, 0.15) is 18.3 Å². The lowest BCUT2D eigenvalue weighted by atomic mass is 9.97. The van der Waals surface area contributed by atoms with Crippen molar-refractivity contribution in [2.24, 2.45) is 0 Å². The van der Waals surface area contributed by atoms with Gasteiger partial charge in [-0.15, -0.1) is 0 Å². The van der Waals surface area contributed by atoms with Crippen LogP contribution in [0.3, 0.4) is 0 Å². The number of fused-ring (bicyclic) bond motifs is 3. The summed E-state index contributed by atoms with van der Waals surface area (Å²) in [4.78, 5) is 30.6. The molecule has 0 radical (unpaired) electrons. The van der Waals surface area contributed by atoms with Gasteiger partial charge in [0, 0.05) is 19.3 Å². The Balaban J connectivity index is 1.71. The molecule has 2 aromatic carbocycles. The quantitative estimate of drug-likeness (QED) is 0.382. The van der Waals surface area contributed by atoms with E-state index in [-0.39, 0.29) is 24.5 Å². The van der Waals surface area contributed by atoms with E-state index in [0.717, 1.165) is 54.1 Å². The van der Waals surface area contributed by atoms with Crippen molar-refractivity contribution in [3.05, 3.63) is 78.1 Å². The van der Waals surface area contributed by atoms with E-state index in [2.05, 4.69) is 29.8 Å². The number of amides is 3. The molecule has 1 unspecified atom stereocenters. The van der Waals surface area contributed by atoms with E-state index >= 15 is 0 Å². The van der Waals surface area contributed by atoms with Gasteiger partial charge in [-0.05, 0) is 54.8 Å². The minimum Gasteiger partial charge on any atom is -0.497 e. The predicted octanol–water partition coefficient (Wildman–Crippen LogP) is 5.53. The number of anilines is 1. The van der Waals surface area contributed by atoms with Crippen molar-refractivity contribution in [3.63, 3.8) is 0 Å². The number of hydrogen-bond donors (Lipinski definition) is 1. The minimum atomic E-state index is -0.329. The fraction of sp³-hybridized carbons (Fsp3) is 0.379. The first-order valence-corrected chi connectivity index (χ1v) is 12.8. The highest BCUT2D eigenvalue weighted by Crippen LogP contribution is 2.42. The van der Waals surface area contributed by atoms with Crippen LogP contribution in [0.5, 0.6) is 5.75 Å². The lowest BCUT2D eigenvalue weighted by molar-refractivity contribution is -0.119. The Hall–Kier alpha value is -3.74. The minimum absolute atomic E-state index is 0.0135. The Morgan fingerprint density at radius 3 is 2.36 bits per heavy atom. The van der Waals surface area contributed by atoms with E-state index < -0.39 is 0 Å². The van der Waals surface area contributed by atoms with Gasteiger partial charge in [0.25, 0.3) is 0 Å². The third-order valence-corrected chi connectivity index (χ3v) is 6.62. The number of unbranched alkanes of at least 4 members (excludes halogenated alkanes) is 2. The number of hydrogen-bond acceptors (Lipinski definition) is 3. The van der Waals surface area contributed by atoms with Gasteiger partial charge < -0.3 is 19.5 Å². The number of methoxy groups -OCH3 is 1. The predicted molar refractivity (Wildman–Crippen MR) is 143 cm³/mol. The molecule has 7 nitrogen and oxygen atoms in total. The molecule has 0 saturated carbocycles. The summed E-state index contributed by atoms with van der Waals surface area (Å²) in [6, 6.07) is 19.3. The molecule has 1 N–H and O–H groups in total. The second-order valence-corrected chi connectivity index (χ2v) is 9.09. The Morgan fingerprint density at radius 2 is 1.67 bits per heavy atom. The summed E-state index contributed by atoms with van der Waals surface area (Å²) in [5, 5.41) is 2.99. The average Bonchev–Trinajstić information content (AvgIpc) is 3.40. The first-order chi connectivity index (χ1) is 17.6. The summed E-state index contributed by atoms with van der Waals surface area (Å²) in [6.07, 6.45) is 5.73. The number of carbonyl (C=O) groups is 2. The molecule has 3 amide bonds. The zero-order chi connectivity index (χ0) is 25.5. The van der Waals surface area contributed by atoms with E-state index in [4.69, 9.17) is 4.74 Å². The van der Waals surface area contributed by atoms with Crippen LogP contribution in [0, 0.1) is 0 Å². The monoisotopic (exact) mass is 488 g/mol. The van der Waals surface area contributed by atoms with E-state index in [1.165, 1.54) is 0 Å². The average molecular weight is 489 g/mol. The molecule has 1 aromatic heterocycles. The molecule has 1 aliphatic heterocycles. The second-order valence-electron chi connectivity index (χ2n) is 9.09. The van der Waals surface area contributed by atoms with Crippen LogP contribution < -0.4 is 15.0 Å². The molecule has 36 heavy (non-hydrogen) atoms. The number of carbonyl (C=O) groups excluding carboxylic acids is 2. The molecule has 0 aliphatic carbocycles. The van der Waals surface area contributed by atoms with E-state index in [9.17, 15) is 9.59 Å². The lowest BCUT2D eigenvalue weighted by Crippen LogP contribution is -2.49. The third-order valence-electron chi connectivity index (χ3n) is 6.62. The van der Waals surface area contributed by atoms with Crippen LogP contribution in [0.2, 0.25) is 0 Å². The molecule has 0 saturated heterocycles. The maximum absolute atomic E-state index is 14.1. The van der Waals surface area contributed by atoms with Crippen LogP contribution in [-0.4, -0.2) is 48.1 Å². The Bertz CT molecular complexity index is 1170.